The molecule has 0 atom stereocenters. The molecule has 1 heterocycles. The molecule has 0 saturated heterocycles. The summed E-state index contributed by atoms with van der Waals surface area (Å²) in [7, 11) is 0. The molecular weight excluding hydrogens is 529 g/mol. The van der Waals surface area contributed by atoms with Gasteiger partial charge in [-0.1, -0.05) is 25.5 Å². The van der Waals surface area contributed by atoms with Crippen LogP contribution in [0.15, 0.2) is 54.7 Å². The number of alkyl halides is 5. The topological polar surface area (TPSA) is 31.4 Å². The molecule has 0 spiro atoms. The van der Waals surface area contributed by atoms with Crippen molar-refractivity contribution in [2.45, 2.75) is 32.2 Å². The molecule has 0 N–H and O–H groups in total. The molecule has 0 amide bonds. The van der Waals surface area contributed by atoms with Gasteiger partial charge < -0.3 is 9.47 Å². The molecule has 3 nitrogen and oxygen atoms in total. The summed E-state index contributed by atoms with van der Waals surface area (Å²) >= 11 is 0. The number of rotatable bonds is 7. The average Bonchev–Trinajstić information content (AvgIpc) is 2.82. The number of hydrogen-bond acceptors (Lipinski definition) is 3. The van der Waals surface area contributed by atoms with Gasteiger partial charge in [-0.05, 0) is 47.7 Å². The van der Waals surface area contributed by atoms with Crippen LogP contribution in [0.5, 0.6) is 11.5 Å². The Balaban J connectivity index is 1.65. The molecule has 0 unspecified atom stereocenters. The zero-order chi connectivity index (χ0) is 27.8. The van der Waals surface area contributed by atoms with E-state index in [-0.39, 0.29) is 17.3 Å². The van der Waals surface area contributed by atoms with Gasteiger partial charge in [0.25, 0.3) is 0 Å². The molecule has 1 aromatic heterocycles. The number of pyridine rings is 1. The van der Waals surface area contributed by atoms with E-state index in [1.54, 1.807) is 6.07 Å². The molecule has 0 aliphatic heterocycles. The summed E-state index contributed by atoms with van der Waals surface area (Å²) in [6.45, 7) is 1.94. The lowest BCUT2D eigenvalue weighted by Crippen LogP contribution is -2.24. The first-order valence-electron chi connectivity index (χ1n) is 11.0. The van der Waals surface area contributed by atoms with E-state index in [1.165, 1.54) is 12.3 Å². The maximum Gasteiger partial charge on any atom is 0.573 e. The van der Waals surface area contributed by atoms with Crippen LogP contribution in [0.4, 0.5) is 39.5 Å². The normalized spacial score (nSPS) is 12.2. The Morgan fingerprint density at radius 1 is 0.789 bits per heavy atom. The van der Waals surface area contributed by atoms with Gasteiger partial charge in [0.1, 0.15) is 17.1 Å². The summed E-state index contributed by atoms with van der Waals surface area (Å²) in [5.74, 6) is -9.11. The lowest BCUT2D eigenvalue weighted by atomic mass is 10.0. The van der Waals surface area contributed by atoms with Crippen molar-refractivity contribution < 1.29 is 49.0 Å². The minimum absolute atomic E-state index is 0.00420. The minimum Gasteiger partial charge on any atom is -0.429 e. The van der Waals surface area contributed by atoms with Crippen LogP contribution >= 0.6 is 0 Å². The van der Waals surface area contributed by atoms with Crippen LogP contribution in [0.3, 0.4) is 0 Å². The Kier molecular flexibility index (Phi) is 7.18. The number of fused-ring (bicyclic) bond motifs is 1. The Labute approximate surface area is 209 Å². The van der Waals surface area contributed by atoms with Crippen molar-refractivity contribution in [2.24, 2.45) is 0 Å². The molecule has 0 aliphatic rings. The molecule has 0 saturated carbocycles. The SMILES string of the molecule is CCCc1ccc(-c2ccc(C(F)(F)Oc3cc(F)c4c(F)c(OC(F)(F)F)ccc4c3)c(F)c2F)nc1. The third-order valence-electron chi connectivity index (χ3n) is 5.45. The number of ether oxygens (including phenoxy) is 2. The molecule has 12 heteroatoms. The highest BCUT2D eigenvalue weighted by Crippen LogP contribution is 2.39. The zero-order valence-corrected chi connectivity index (χ0v) is 19.3. The summed E-state index contributed by atoms with van der Waals surface area (Å²) in [4.78, 5) is 4.03. The highest BCUT2D eigenvalue weighted by molar-refractivity contribution is 5.86. The smallest absolute Gasteiger partial charge is 0.429 e. The second kappa shape index (κ2) is 10.1. The highest BCUT2D eigenvalue weighted by Gasteiger charge is 2.40. The van der Waals surface area contributed by atoms with Crippen LogP contribution < -0.4 is 9.47 Å². The van der Waals surface area contributed by atoms with Crippen LogP contribution in [0, 0.1) is 23.3 Å². The fourth-order valence-electron chi connectivity index (χ4n) is 3.78. The van der Waals surface area contributed by atoms with Gasteiger partial charge >= 0.3 is 12.5 Å². The Bertz CT molecular complexity index is 1490. The van der Waals surface area contributed by atoms with Crippen molar-refractivity contribution in [1.29, 1.82) is 0 Å². The van der Waals surface area contributed by atoms with Crippen LogP contribution in [-0.2, 0) is 12.5 Å². The monoisotopic (exact) mass is 545 g/mol. The third kappa shape index (κ3) is 5.48. The molecule has 38 heavy (non-hydrogen) atoms. The minimum atomic E-state index is -5.26. The summed E-state index contributed by atoms with van der Waals surface area (Å²) in [5.41, 5.74) is -1.04. The molecule has 4 aromatic rings. The quantitative estimate of drug-likeness (QED) is 0.219. The van der Waals surface area contributed by atoms with Crippen molar-refractivity contribution in [3.63, 3.8) is 0 Å². The van der Waals surface area contributed by atoms with E-state index < -0.39 is 63.6 Å². The Hall–Kier alpha value is -3.96. The van der Waals surface area contributed by atoms with Gasteiger partial charge in [0.2, 0.25) is 0 Å². The van der Waals surface area contributed by atoms with Crippen LogP contribution in [0.2, 0.25) is 0 Å². The third-order valence-corrected chi connectivity index (χ3v) is 5.45. The fourth-order valence-corrected chi connectivity index (χ4v) is 3.78. The van der Waals surface area contributed by atoms with E-state index in [2.05, 4.69) is 14.5 Å². The lowest BCUT2D eigenvalue weighted by molar-refractivity contribution is -0.275. The van der Waals surface area contributed by atoms with E-state index in [0.717, 1.165) is 24.1 Å². The van der Waals surface area contributed by atoms with Gasteiger partial charge in [-0.25, -0.2) is 17.6 Å². The van der Waals surface area contributed by atoms with Crippen LogP contribution in [0.1, 0.15) is 24.5 Å². The maximum absolute atomic E-state index is 14.8. The largest absolute Gasteiger partial charge is 0.573 e. The number of nitrogens with zero attached hydrogens (tertiary/aromatic N) is 1. The standard InChI is InChI=1S/C26H16F9NO2/c1-2-3-13-4-8-19(36-12-13)16-6-7-17(23(29)22(16)28)25(31,32)37-15-10-14-5-9-20(38-26(33,34)35)24(30)21(14)18(27)11-15/h4-12H,2-3H2,1H3. The number of hydrogen-bond donors (Lipinski definition) is 0. The van der Waals surface area contributed by atoms with Crippen LogP contribution in [0.25, 0.3) is 22.0 Å². The predicted octanol–water partition coefficient (Wildman–Crippen LogP) is 8.44. The molecule has 0 fully saturated rings. The van der Waals surface area contributed by atoms with Crippen molar-refractivity contribution in [3.8, 4) is 22.8 Å². The van der Waals surface area contributed by atoms with Gasteiger partial charge in [-0.15, -0.1) is 13.2 Å². The van der Waals surface area contributed by atoms with Crippen molar-refractivity contribution in [3.05, 3.63) is 89.1 Å². The number of aryl methyl sites for hydroxylation is 1. The lowest BCUT2D eigenvalue weighted by Gasteiger charge is -2.20. The van der Waals surface area contributed by atoms with Crippen LogP contribution in [-0.4, -0.2) is 11.3 Å². The first-order valence-corrected chi connectivity index (χ1v) is 11.0. The first kappa shape index (κ1) is 27.1. The molecule has 0 aliphatic carbocycles. The van der Waals surface area contributed by atoms with Crippen molar-refractivity contribution in [1.82, 2.24) is 4.98 Å². The molecule has 0 radical (unpaired) electrons. The first-order chi connectivity index (χ1) is 17.8. The molecule has 4 rings (SSSR count). The highest BCUT2D eigenvalue weighted by atomic mass is 19.4. The van der Waals surface area contributed by atoms with Gasteiger partial charge in [0, 0.05) is 17.8 Å². The number of halogens is 9. The van der Waals surface area contributed by atoms with Crippen molar-refractivity contribution >= 4 is 10.8 Å². The number of aromatic nitrogens is 1. The van der Waals surface area contributed by atoms with E-state index in [0.29, 0.717) is 24.6 Å². The van der Waals surface area contributed by atoms with Gasteiger partial charge in [-0.2, -0.15) is 8.78 Å². The van der Waals surface area contributed by atoms with E-state index in [9.17, 15) is 39.5 Å². The van der Waals surface area contributed by atoms with Gasteiger partial charge in [0.15, 0.2) is 23.2 Å². The number of benzene rings is 3. The summed E-state index contributed by atoms with van der Waals surface area (Å²) in [5, 5.41) is -1.44. The van der Waals surface area contributed by atoms with E-state index in [4.69, 9.17) is 0 Å². The molecular formula is C26H16F9NO2. The van der Waals surface area contributed by atoms with E-state index >= 15 is 0 Å². The fraction of sp³-hybridized carbons (Fsp3) is 0.192. The maximum atomic E-state index is 14.8. The zero-order valence-electron chi connectivity index (χ0n) is 19.3. The Morgan fingerprint density at radius 2 is 1.53 bits per heavy atom. The van der Waals surface area contributed by atoms with Crippen molar-refractivity contribution in [2.75, 3.05) is 0 Å². The Morgan fingerprint density at radius 3 is 2.16 bits per heavy atom. The predicted molar refractivity (Wildman–Crippen MR) is 119 cm³/mol. The summed E-state index contributed by atoms with van der Waals surface area (Å²) in [6, 6.07) is 6.77. The molecule has 0 bridgehead atoms. The van der Waals surface area contributed by atoms with Gasteiger partial charge in [0.05, 0.1) is 11.1 Å². The van der Waals surface area contributed by atoms with E-state index in [1.807, 2.05) is 6.92 Å². The summed E-state index contributed by atoms with van der Waals surface area (Å²) in [6.07, 6.45) is -6.80. The average molecular weight is 545 g/mol. The second-order valence-corrected chi connectivity index (χ2v) is 8.14. The van der Waals surface area contributed by atoms with Gasteiger partial charge in [-0.3, -0.25) is 4.98 Å². The second-order valence-electron chi connectivity index (χ2n) is 8.14. The molecule has 200 valence electrons. The summed E-state index contributed by atoms with van der Waals surface area (Å²) < 4.78 is 133. The molecule has 3 aromatic carbocycles.